The molecule has 0 aromatic heterocycles. The van der Waals surface area contributed by atoms with Crippen LogP contribution in [0.3, 0.4) is 0 Å². The standard InChI is InChI=1S/C24H37ClN4O4S/c1-33-23-6-5-19(15-20(23)25)34(31,32)29-12-8-17(9-13-29)4-2-3-10-27-24(30)22-14-18-16-26-11-7-21(18)28-22/h5-6,15,17-18,21-22,26,28H,2-4,7-14,16H2,1H3,(H,27,30). The summed E-state index contributed by atoms with van der Waals surface area (Å²) in [7, 11) is -2.05. The summed E-state index contributed by atoms with van der Waals surface area (Å²) in [6, 6.07) is 5.03. The van der Waals surface area contributed by atoms with Crippen LogP contribution in [-0.4, -0.2) is 70.5 Å². The first-order chi connectivity index (χ1) is 16.4. The second kappa shape index (κ2) is 11.6. The minimum atomic E-state index is -3.55. The summed E-state index contributed by atoms with van der Waals surface area (Å²) < 4.78 is 32.6. The van der Waals surface area contributed by atoms with Crippen molar-refractivity contribution in [3.63, 3.8) is 0 Å². The summed E-state index contributed by atoms with van der Waals surface area (Å²) in [4.78, 5) is 12.7. The van der Waals surface area contributed by atoms with Gasteiger partial charge >= 0.3 is 0 Å². The lowest BCUT2D eigenvalue weighted by atomic mass is 9.92. The lowest BCUT2D eigenvalue weighted by molar-refractivity contribution is -0.122. The number of halogens is 1. The van der Waals surface area contributed by atoms with Gasteiger partial charge in [-0.3, -0.25) is 4.79 Å². The molecule has 3 saturated heterocycles. The van der Waals surface area contributed by atoms with Gasteiger partial charge in [0.25, 0.3) is 0 Å². The Hall–Kier alpha value is -1.39. The largest absolute Gasteiger partial charge is 0.495 e. The molecule has 0 aliphatic carbocycles. The van der Waals surface area contributed by atoms with Gasteiger partial charge in [0, 0.05) is 25.7 Å². The Morgan fingerprint density at radius 2 is 2.03 bits per heavy atom. The summed E-state index contributed by atoms with van der Waals surface area (Å²) in [5, 5.41) is 10.3. The van der Waals surface area contributed by atoms with Crippen molar-refractivity contribution in [1.82, 2.24) is 20.3 Å². The number of hydrogen-bond acceptors (Lipinski definition) is 6. The van der Waals surface area contributed by atoms with Crippen LogP contribution in [-0.2, 0) is 14.8 Å². The number of unbranched alkanes of at least 4 members (excludes halogenated alkanes) is 1. The summed E-state index contributed by atoms with van der Waals surface area (Å²) in [5.74, 6) is 1.69. The fourth-order valence-corrected chi connectivity index (χ4v) is 7.31. The maximum absolute atomic E-state index is 13.0. The summed E-state index contributed by atoms with van der Waals surface area (Å²) in [6.07, 6.45) is 6.80. The summed E-state index contributed by atoms with van der Waals surface area (Å²) in [5.41, 5.74) is 0. The van der Waals surface area contributed by atoms with Gasteiger partial charge in [0.2, 0.25) is 15.9 Å². The number of amides is 1. The van der Waals surface area contributed by atoms with Crippen LogP contribution in [0.4, 0.5) is 0 Å². The number of benzene rings is 1. The third-order valence-corrected chi connectivity index (χ3v) is 9.74. The highest BCUT2D eigenvalue weighted by atomic mass is 35.5. The van der Waals surface area contributed by atoms with E-state index in [9.17, 15) is 13.2 Å². The van der Waals surface area contributed by atoms with Crippen molar-refractivity contribution in [2.24, 2.45) is 11.8 Å². The molecule has 3 heterocycles. The highest BCUT2D eigenvalue weighted by molar-refractivity contribution is 7.89. The SMILES string of the molecule is COc1ccc(S(=O)(=O)N2CCC(CCCCNC(=O)C3CC4CNCCC4N3)CC2)cc1Cl. The van der Waals surface area contributed by atoms with E-state index in [-0.39, 0.29) is 16.8 Å². The molecule has 0 saturated carbocycles. The van der Waals surface area contributed by atoms with Gasteiger partial charge in [-0.1, -0.05) is 24.4 Å². The Morgan fingerprint density at radius 3 is 2.74 bits per heavy atom. The molecule has 1 aromatic rings. The van der Waals surface area contributed by atoms with Crippen LogP contribution in [0, 0.1) is 11.8 Å². The smallest absolute Gasteiger partial charge is 0.243 e. The van der Waals surface area contributed by atoms with E-state index in [2.05, 4.69) is 16.0 Å². The molecule has 3 aliphatic heterocycles. The van der Waals surface area contributed by atoms with Crippen LogP contribution in [0.2, 0.25) is 5.02 Å². The number of fused-ring (bicyclic) bond motifs is 1. The number of methoxy groups -OCH3 is 1. The van der Waals surface area contributed by atoms with Crippen molar-refractivity contribution in [2.45, 2.75) is 61.9 Å². The van der Waals surface area contributed by atoms with Gasteiger partial charge in [-0.2, -0.15) is 4.31 Å². The molecule has 3 atom stereocenters. The summed E-state index contributed by atoms with van der Waals surface area (Å²) in [6.45, 7) is 3.80. The summed E-state index contributed by atoms with van der Waals surface area (Å²) >= 11 is 6.13. The Kier molecular flexibility index (Phi) is 8.74. The van der Waals surface area contributed by atoms with Gasteiger partial charge < -0.3 is 20.7 Å². The fourth-order valence-electron chi connectivity index (χ4n) is 5.49. The quantitative estimate of drug-likeness (QED) is 0.439. The molecule has 8 nitrogen and oxygen atoms in total. The Morgan fingerprint density at radius 1 is 1.24 bits per heavy atom. The molecule has 10 heteroatoms. The number of piperidine rings is 2. The van der Waals surface area contributed by atoms with E-state index >= 15 is 0 Å². The van der Waals surface area contributed by atoms with Gasteiger partial charge in [-0.15, -0.1) is 0 Å². The number of ether oxygens (including phenoxy) is 1. The van der Waals surface area contributed by atoms with Crippen molar-refractivity contribution >= 4 is 27.5 Å². The van der Waals surface area contributed by atoms with Crippen LogP contribution in [0.5, 0.6) is 5.75 Å². The molecule has 0 bridgehead atoms. The second-order valence-corrected chi connectivity index (χ2v) is 12.1. The van der Waals surface area contributed by atoms with E-state index in [1.807, 2.05) is 0 Å². The highest BCUT2D eigenvalue weighted by Gasteiger charge is 2.38. The monoisotopic (exact) mass is 512 g/mol. The first kappa shape index (κ1) is 25.7. The zero-order valence-electron chi connectivity index (χ0n) is 19.9. The maximum atomic E-state index is 13.0. The molecule has 3 fully saturated rings. The topological polar surface area (TPSA) is 99.8 Å². The number of hydrogen-bond donors (Lipinski definition) is 3. The van der Waals surface area contributed by atoms with Crippen molar-refractivity contribution in [3.8, 4) is 5.75 Å². The Bertz CT molecular complexity index is 938. The lowest BCUT2D eigenvalue weighted by Crippen LogP contribution is -2.45. The third-order valence-electron chi connectivity index (χ3n) is 7.55. The number of nitrogens with one attached hydrogen (secondary N) is 3. The van der Waals surface area contributed by atoms with E-state index < -0.39 is 10.0 Å². The molecule has 0 spiro atoms. The Labute approximate surface area is 208 Å². The van der Waals surface area contributed by atoms with Gasteiger partial charge in [-0.25, -0.2) is 8.42 Å². The zero-order valence-corrected chi connectivity index (χ0v) is 21.5. The van der Waals surface area contributed by atoms with Gasteiger partial charge in [-0.05, 0) is 75.2 Å². The van der Waals surface area contributed by atoms with Gasteiger partial charge in [0.05, 0.1) is 23.1 Å². The minimum Gasteiger partial charge on any atom is -0.495 e. The van der Waals surface area contributed by atoms with Crippen LogP contribution < -0.4 is 20.7 Å². The molecule has 3 N–H and O–H groups in total. The van der Waals surface area contributed by atoms with E-state index in [0.717, 1.165) is 58.0 Å². The number of carbonyl (C=O) groups is 1. The molecule has 0 radical (unpaired) electrons. The average molecular weight is 513 g/mol. The molecule has 3 unspecified atom stereocenters. The van der Waals surface area contributed by atoms with Crippen LogP contribution >= 0.6 is 11.6 Å². The van der Waals surface area contributed by atoms with Gasteiger partial charge in [0.1, 0.15) is 5.75 Å². The minimum absolute atomic E-state index is 0.0539. The van der Waals surface area contributed by atoms with E-state index in [4.69, 9.17) is 16.3 Å². The number of sulfonamides is 1. The van der Waals surface area contributed by atoms with Crippen molar-refractivity contribution in [1.29, 1.82) is 0 Å². The van der Waals surface area contributed by atoms with Crippen molar-refractivity contribution in [2.75, 3.05) is 39.8 Å². The molecule has 1 amide bonds. The number of carbonyl (C=O) groups excluding carboxylic acids is 1. The first-order valence-corrected chi connectivity index (χ1v) is 14.3. The van der Waals surface area contributed by atoms with Crippen LogP contribution in [0.15, 0.2) is 23.1 Å². The molecule has 1 aromatic carbocycles. The molecular weight excluding hydrogens is 476 g/mol. The predicted molar refractivity (Wildman–Crippen MR) is 133 cm³/mol. The number of nitrogens with zero attached hydrogens (tertiary/aromatic N) is 1. The molecule has 3 aliphatic rings. The predicted octanol–water partition coefficient (Wildman–Crippen LogP) is 2.38. The van der Waals surface area contributed by atoms with Gasteiger partial charge in [0.15, 0.2) is 0 Å². The molecule has 190 valence electrons. The second-order valence-electron chi connectivity index (χ2n) is 9.74. The first-order valence-electron chi connectivity index (χ1n) is 12.5. The van der Waals surface area contributed by atoms with E-state index in [1.54, 1.807) is 16.4 Å². The number of rotatable bonds is 9. The van der Waals surface area contributed by atoms with E-state index in [0.29, 0.717) is 48.3 Å². The highest BCUT2D eigenvalue weighted by Crippen LogP contribution is 2.31. The third kappa shape index (κ3) is 6.05. The van der Waals surface area contributed by atoms with E-state index in [1.165, 1.54) is 13.2 Å². The maximum Gasteiger partial charge on any atom is 0.243 e. The van der Waals surface area contributed by atoms with Crippen LogP contribution in [0.25, 0.3) is 0 Å². The molecule has 34 heavy (non-hydrogen) atoms. The van der Waals surface area contributed by atoms with Crippen LogP contribution in [0.1, 0.15) is 44.9 Å². The molecular formula is C24H37ClN4O4S. The normalized spacial score (nSPS) is 26.2. The van der Waals surface area contributed by atoms with Crippen molar-refractivity contribution < 1.29 is 17.9 Å². The Balaban J connectivity index is 1.13. The van der Waals surface area contributed by atoms with Crippen molar-refractivity contribution in [3.05, 3.63) is 23.2 Å². The molecule has 4 rings (SSSR count). The zero-order chi connectivity index (χ0) is 24.1. The lowest BCUT2D eigenvalue weighted by Gasteiger charge is -2.31. The average Bonchev–Trinajstić information content (AvgIpc) is 3.28. The fraction of sp³-hybridized carbons (Fsp3) is 0.708.